The maximum atomic E-state index is 9.24. The van der Waals surface area contributed by atoms with E-state index in [0.29, 0.717) is 6.42 Å². The lowest BCUT2D eigenvalue weighted by molar-refractivity contribution is -0.135. The number of ether oxygens (including phenoxy) is 1. The molecule has 0 heterocycles. The summed E-state index contributed by atoms with van der Waals surface area (Å²) in [7, 11) is 0. The smallest absolute Gasteiger partial charge is 0.317 e. The van der Waals surface area contributed by atoms with E-state index in [1.807, 2.05) is 6.92 Å². The number of aliphatic hydroxyl groups is 2. The standard InChI is InChI=1S/C5H12O3.C2H5NO2/c1-2-5(7)8-4-3-6;3-1-2(4)5/h5-7H,2-4H2,1H3;1,3H2,(H,4,5). The van der Waals surface area contributed by atoms with Crippen LogP contribution in [0.1, 0.15) is 13.3 Å². The molecule has 0 aliphatic carbocycles. The lowest BCUT2D eigenvalue weighted by Gasteiger charge is -2.06. The maximum absolute atomic E-state index is 9.24. The van der Waals surface area contributed by atoms with Gasteiger partial charge in [-0.15, -0.1) is 0 Å². The van der Waals surface area contributed by atoms with Crippen molar-refractivity contribution in [2.45, 2.75) is 19.6 Å². The van der Waals surface area contributed by atoms with Crippen LogP contribution in [0, 0.1) is 0 Å². The molecule has 0 rings (SSSR count). The van der Waals surface area contributed by atoms with Crippen molar-refractivity contribution in [2.75, 3.05) is 19.8 Å². The minimum atomic E-state index is -0.968. The molecule has 0 aromatic carbocycles. The van der Waals surface area contributed by atoms with Crippen LogP contribution >= 0.6 is 0 Å². The molecule has 13 heavy (non-hydrogen) atoms. The van der Waals surface area contributed by atoms with Crippen molar-refractivity contribution < 1.29 is 24.9 Å². The molecule has 6 nitrogen and oxygen atoms in total. The monoisotopic (exact) mass is 195 g/mol. The van der Waals surface area contributed by atoms with Crippen molar-refractivity contribution in [3.8, 4) is 0 Å². The molecule has 0 amide bonds. The van der Waals surface area contributed by atoms with E-state index in [0.717, 1.165) is 0 Å². The second kappa shape index (κ2) is 11.3. The highest BCUT2D eigenvalue weighted by atomic mass is 16.6. The van der Waals surface area contributed by atoms with Gasteiger partial charge in [-0.2, -0.15) is 0 Å². The molecule has 6 heteroatoms. The van der Waals surface area contributed by atoms with Gasteiger partial charge in [0, 0.05) is 0 Å². The van der Waals surface area contributed by atoms with E-state index in [2.05, 4.69) is 10.5 Å². The van der Waals surface area contributed by atoms with Crippen molar-refractivity contribution in [1.29, 1.82) is 0 Å². The zero-order valence-corrected chi connectivity index (χ0v) is 7.64. The van der Waals surface area contributed by atoms with Gasteiger partial charge in [-0.3, -0.25) is 4.79 Å². The second-order valence-electron chi connectivity index (χ2n) is 2.06. The van der Waals surface area contributed by atoms with Gasteiger partial charge in [0.2, 0.25) is 0 Å². The Bertz CT molecular complexity index is 119. The van der Waals surface area contributed by atoms with Crippen LogP contribution in [0.15, 0.2) is 0 Å². The first-order valence-electron chi connectivity index (χ1n) is 3.90. The molecule has 0 fully saturated rings. The van der Waals surface area contributed by atoms with E-state index in [4.69, 9.17) is 15.3 Å². The average molecular weight is 195 g/mol. The first-order chi connectivity index (χ1) is 6.08. The van der Waals surface area contributed by atoms with Crippen LogP contribution in [0.25, 0.3) is 0 Å². The van der Waals surface area contributed by atoms with Crippen molar-refractivity contribution >= 4 is 5.97 Å². The molecule has 1 atom stereocenters. The first kappa shape index (κ1) is 14.8. The van der Waals surface area contributed by atoms with Gasteiger partial charge < -0.3 is 25.8 Å². The molecule has 0 bridgehead atoms. The van der Waals surface area contributed by atoms with Gasteiger partial charge in [0.1, 0.15) is 0 Å². The summed E-state index contributed by atoms with van der Waals surface area (Å²) in [5, 5.41) is 24.4. The van der Waals surface area contributed by atoms with Gasteiger partial charge in [-0.1, -0.05) is 6.92 Å². The number of carboxylic acid groups (broad SMARTS) is 1. The molecular weight excluding hydrogens is 178 g/mol. The van der Waals surface area contributed by atoms with Crippen LogP contribution in [0.3, 0.4) is 0 Å². The predicted octanol–water partition coefficient (Wildman–Crippen LogP) is -1.25. The van der Waals surface area contributed by atoms with Gasteiger partial charge >= 0.3 is 5.97 Å². The fourth-order valence-electron chi connectivity index (χ4n) is 0.307. The molecule has 0 radical (unpaired) electrons. The van der Waals surface area contributed by atoms with E-state index in [-0.39, 0.29) is 19.8 Å². The normalized spacial score (nSPS) is 11.4. The van der Waals surface area contributed by atoms with Crippen LogP contribution in [0.2, 0.25) is 0 Å². The zero-order valence-electron chi connectivity index (χ0n) is 7.64. The molecule has 0 aromatic heterocycles. The zero-order chi connectivity index (χ0) is 10.7. The number of aliphatic hydroxyl groups excluding tert-OH is 2. The van der Waals surface area contributed by atoms with Crippen LogP contribution < -0.4 is 5.73 Å². The lowest BCUT2D eigenvalue weighted by atomic mass is 10.5. The Labute approximate surface area is 76.9 Å². The topological polar surface area (TPSA) is 113 Å². The number of rotatable bonds is 5. The number of hydrogen-bond acceptors (Lipinski definition) is 5. The molecule has 0 spiro atoms. The summed E-state index contributed by atoms with van der Waals surface area (Å²) in [6, 6.07) is 0. The van der Waals surface area contributed by atoms with Crippen molar-refractivity contribution in [2.24, 2.45) is 5.73 Å². The molecular formula is C7H17NO5. The summed E-state index contributed by atoms with van der Waals surface area (Å²) in [5.41, 5.74) is 4.57. The van der Waals surface area contributed by atoms with E-state index >= 15 is 0 Å². The number of hydrogen-bond donors (Lipinski definition) is 4. The van der Waals surface area contributed by atoms with Gasteiger partial charge in [-0.25, -0.2) is 0 Å². The van der Waals surface area contributed by atoms with Crippen LogP contribution in [-0.4, -0.2) is 47.3 Å². The van der Waals surface area contributed by atoms with Crippen molar-refractivity contribution in [1.82, 2.24) is 0 Å². The fourth-order valence-corrected chi connectivity index (χ4v) is 0.307. The molecule has 0 aliphatic rings. The van der Waals surface area contributed by atoms with Crippen LogP contribution in [0.4, 0.5) is 0 Å². The first-order valence-corrected chi connectivity index (χ1v) is 3.90. The van der Waals surface area contributed by atoms with E-state index in [1.54, 1.807) is 0 Å². The summed E-state index contributed by atoms with van der Waals surface area (Å²) >= 11 is 0. The third-order valence-electron chi connectivity index (χ3n) is 0.925. The Morgan fingerprint density at radius 3 is 2.31 bits per heavy atom. The summed E-state index contributed by atoms with van der Waals surface area (Å²) < 4.78 is 4.65. The third kappa shape index (κ3) is 18.3. The molecule has 1 unspecified atom stereocenters. The minimum Gasteiger partial charge on any atom is -0.480 e. The van der Waals surface area contributed by atoms with Gasteiger partial charge in [0.25, 0.3) is 0 Å². The number of carboxylic acids is 1. The van der Waals surface area contributed by atoms with Gasteiger partial charge in [0.15, 0.2) is 6.29 Å². The number of aliphatic carboxylic acids is 1. The average Bonchev–Trinajstić information content (AvgIpc) is 2.15. The van der Waals surface area contributed by atoms with Crippen molar-refractivity contribution in [3.63, 3.8) is 0 Å². The Balaban J connectivity index is 0. The number of nitrogens with two attached hydrogens (primary N) is 1. The molecule has 0 aliphatic heterocycles. The fraction of sp³-hybridized carbons (Fsp3) is 0.857. The van der Waals surface area contributed by atoms with E-state index in [9.17, 15) is 4.79 Å². The molecule has 0 aromatic rings. The quantitative estimate of drug-likeness (QED) is 0.408. The minimum absolute atomic E-state index is 0.0307. The van der Waals surface area contributed by atoms with Crippen LogP contribution in [-0.2, 0) is 9.53 Å². The lowest BCUT2D eigenvalue weighted by Crippen LogP contribution is -2.12. The Morgan fingerprint density at radius 1 is 1.62 bits per heavy atom. The summed E-state index contributed by atoms with van der Waals surface area (Å²) in [4.78, 5) is 9.24. The molecule has 5 N–H and O–H groups in total. The van der Waals surface area contributed by atoms with E-state index < -0.39 is 12.3 Å². The Hall–Kier alpha value is -0.690. The van der Waals surface area contributed by atoms with Gasteiger partial charge in [-0.05, 0) is 6.42 Å². The third-order valence-corrected chi connectivity index (χ3v) is 0.925. The molecule has 0 saturated heterocycles. The largest absolute Gasteiger partial charge is 0.480 e. The van der Waals surface area contributed by atoms with Gasteiger partial charge in [0.05, 0.1) is 19.8 Å². The maximum Gasteiger partial charge on any atom is 0.317 e. The van der Waals surface area contributed by atoms with Crippen molar-refractivity contribution in [3.05, 3.63) is 0 Å². The SMILES string of the molecule is CCC(O)OCCO.NCC(=O)O. The predicted molar refractivity (Wildman–Crippen MR) is 46.0 cm³/mol. The summed E-state index contributed by atoms with van der Waals surface area (Å²) in [6.07, 6.45) is -0.137. The highest BCUT2D eigenvalue weighted by Crippen LogP contribution is 1.89. The van der Waals surface area contributed by atoms with E-state index in [1.165, 1.54) is 0 Å². The Kier molecular flexibility index (Phi) is 12.9. The summed E-state index contributed by atoms with van der Waals surface area (Å²) in [5.74, 6) is -0.968. The number of carbonyl (C=O) groups is 1. The second-order valence-corrected chi connectivity index (χ2v) is 2.06. The Morgan fingerprint density at radius 2 is 2.08 bits per heavy atom. The molecule has 0 saturated carbocycles. The highest BCUT2D eigenvalue weighted by molar-refractivity contribution is 5.68. The highest BCUT2D eigenvalue weighted by Gasteiger charge is 1.96. The molecule has 80 valence electrons. The summed E-state index contributed by atoms with van der Waals surface area (Å²) in [6.45, 7) is 1.72. The van der Waals surface area contributed by atoms with Crippen LogP contribution in [0.5, 0.6) is 0 Å².